The zero-order valence-electron chi connectivity index (χ0n) is 17.3. The van der Waals surface area contributed by atoms with Crippen LogP contribution in [0.5, 0.6) is 0 Å². The van der Waals surface area contributed by atoms with Crippen LogP contribution in [0.4, 0.5) is 0 Å². The third-order valence-electron chi connectivity index (χ3n) is 5.70. The third-order valence-corrected chi connectivity index (χ3v) is 13.1. The van der Waals surface area contributed by atoms with Crippen molar-refractivity contribution in [1.82, 2.24) is 14.9 Å². The lowest BCUT2D eigenvalue weighted by Crippen LogP contribution is -2.72. The van der Waals surface area contributed by atoms with Crippen LogP contribution in [-0.4, -0.2) is 39.1 Å². The summed E-state index contributed by atoms with van der Waals surface area (Å²) < 4.78 is 2.95. The van der Waals surface area contributed by atoms with E-state index in [1.807, 2.05) is 0 Å². The fourth-order valence-electron chi connectivity index (χ4n) is 4.96. The Morgan fingerprint density at radius 3 is 1.25 bits per heavy atom. The smallest absolute Gasteiger partial charge is 0.114 e. The zero-order valence-corrected chi connectivity index (χ0v) is 19.3. The number of nitrogens with zero attached hydrogens (tertiary/aromatic N) is 1. The normalized spacial score (nSPS) is 22.5. The van der Waals surface area contributed by atoms with Crippen molar-refractivity contribution >= 4 is 16.5 Å². The Morgan fingerprint density at radius 1 is 0.625 bits per heavy atom. The Kier molecular flexibility index (Phi) is 7.56. The van der Waals surface area contributed by atoms with Gasteiger partial charge >= 0.3 is 0 Å². The fraction of sp³-hybridized carbons (Fsp3) is 1.00. The fourth-order valence-corrected chi connectivity index (χ4v) is 14.9. The summed E-state index contributed by atoms with van der Waals surface area (Å²) in [6, 6.07) is 1.44. The SMILES string of the molecule is C[Si](C)(C)N(C(NC1CCCCC1)NC1CCCCC1)[Si](C)(C)C. The maximum absolute atomic E-state index is 4.10. The second kappa shape index (κ2) is 8.80. The highest BCUT2D eigenvalue weighted by atomic mass is 28.4. The van der Waals surface area contributed by atoms with Crippen LogP contribution >= 0.6 is 0 Å². The van der Waals surface area contributed by atoms with Gasteiger partial charge in [0.2, 0.25) is 0 Å². The van der Waals surface area contributed by atoms with E-state index in [0.717, 1.165) is 12.1 Å². The maximum Gasteiger partial charge on any atom is 0.114 e. The molecule has 0 aromatic carbocycles. The predicted molar refractivity (Wildman–Crippen MR) is 112 cm³/mol. The molecule has 142 valence electrons. The van der Waals surface area contributed by atoms with Gasteiger partial charge < -0.3 is 4.23 Å². The van der Waals surface area contributed by atoms with Gasteiger partial charge in [-0.3, -0.25) is 10.6 Å². The van der Waals surface area contributed by atoms with Gasteiger partial charge in [0.1, 0.15) is 22.8 Å². The van der Waals surface area contributed by atoms with Crippen molar-refractivity contribution in [1.29, 1.82) is 0 Å². The van der Waals surface area contributed by atoms with Gasteiger partial charge in [0.05, 0.1) is 0 Å². The minimum atomic E-state index is -1.38. The van der Waals surface area contributed by atoms with Crippen LogP contribution in [0.3, 0.4) is 0 Å². The molecule has 0 spiro atoms. The van der Waals surface area contributed by atoms with E-state index in [9.17, 15) is 0 Å². The first-order valence-corrected chi connectivity index (χ1v) is 17.4. The molecule has 2 aliphatic rings. The molecule has 0 radical (unpaired) electrons. The molecule has 24 heavy (non-hydrogen) atoms. The average Bonchev–Trinajstić information content (AvgIpc) is 2.46. The van der Waals surface area contributed by atoms with Gasteiger partial charge in [-0.05, 0) is 25.7 Å². The molecular formula is C19H43N3Si2. The van der Waals surface area contributed by atoms with E-state index in [0.29, 0.717) is 6.29 Å². The molecule has 0 bridgehead atoms. The quantitative estimate of drug-likeness (QED) is 0.483. The Hall–Kier alpha value is 0.314. The summed E-state index contributed by atoms with van der Waals surface area (Å²) in [6.07, 6.45) is 14.4. The van der Waals surface area contributed by atoms with Gasteiger partial charge in [-0.25, -0.2) is 0 Å². The topological polar surface area (TPSA) is 27.3 Å². The highest BCUT2D eigenvalue weighted by molar-refractivity contribution is 6.89. The van der Waals surface area contributed by atoms with Crippen LogP contribution in [0.25, 0.3) is 0 Å². The van der Waals surface area contributed by atoms with Crippen molar-refractivity contribution < 1.29 is 0 Å². The van der Waals surface area contributed by atoms with Crippen LogP contribution in [0.2, 0.25) is 39.3 Å². The molecule has 2 saturated carbocycles. The lowest BCUT2D eigenvalue weighted by molar-refractivity contribution is 0.203. The van der Waals surface area contributed by atoms with E-state index < -0.39 is 16.5 Å². The van der Waals surface area contributed by atoms with Crippen molar-refractivity contribution in [2.75, 3.05) is 0 Å². The molecule has 2 N–H and O–H groups in total. The summed E-state index contributed by atoms with van der Waals surface area (Å²) in [5, 5.41) is 8.20. The Bertz CT molecular complexity index is 330. The van der Waals surface area contributed by atoms with E-state index in [4.69, 9.17) is 0 Å². The summed E-state index contributed by atoms with van der Waals surface area (Å²) in [5.41, 5.74) is 0. The minimum absolute atomic E-state index is 0.398. The molecule has 0 heterocycles. The highest BCUT2D eigenvalue weighted by Crippen LogP contribution is 2.26. The molecule has 2 rings (SSSR count). The molecule has 0 saturated heterocycles. The molecule has 5 heteroatoms. The number of rotatable bonds is 7. The van der Waals surface area contributed by atoms with Crippen molar-refractivity contribution in [3.05, 3.63) is 0 Å². The second-order valence-electron chi connectivity index (χ2n) is 10.1. The van der Waals surface area contributed by atoms with Crippen LogP contribution < -0.4 is 10.6 Å². The van der Waals surface area contributed by atoms with E-state index in [2.05, 4.69) is 54.1 Å². The monoisotopic (exact) mass is 369 g/mol. The van der Waals surface area contributed by atoms with Gasteiger partial charge in [0, 0.05) is 12.1 Å². The van der Waals surface area contributed by atoms with Gasteiger partial charge in [-0.1, -0.05) is 77.8 Å². The molecule has 0 unspecified atom stereocenters. The first-order chi connectivity index (χ1) is 11.2. The molecule has 2 fully saturated rings. The molecule has 0 atom stereocenters. The molecule has 3 nitrogen and oxygen atoms in total. The Balaban J connectivity index is 2.14. The predicted octanol–water partition coefficient (Wildman–Crippen LogP) is 5.09. The molecule has 0 aromatic heterocycles. The lowest BCUT2D eigenvalue weighted by atomic mass is 9.95. The standard InChI is InChI=1S/C19H43N3Si2/c1-23(2,3)22(24(4,5)6)19(20-17-13-9-7-10-14-17)21-18-15-11-8-12-16-18/h17-21H,7-16H2,1-6H3. The lowest BCUT2D eigenvalue weighted by Gasteiger charge is -2.51. The minimum Gasteiger partial charge on any atom is -0.319 e. The molecule has 2 aliphatic carbocycles. The first-order valence-electron chi connectivity index (χ1n) is 10.5. The average molecular weight is 370 g/mol. The number of hydrogen-bond acceptors (Lipinski definition) is 3. The molecule has 0 aromatic rings. The van der Waals surface area contributed by atoms with E-state index >= 15 is 0 Å². The van der Waals surface area contributed by atoms with E-state index in [1.165, 1.54) is 64.2 Å². The Morgan fingerprint density at radius 2 is 0.958 bits per heavy atom. The number of hydrogen-bond donors (Lipinski definition) is 2. The van der Waals surface area contributed by atoms with E-state index in [1.54, 1.807) is 0 Å². The van der Waals surface area contributed by atoms with Crippen LogP contribution in [0.1, 0.15) is 64.2 Å². The summed E-state index contributed by atoms with van der Waals surface area (Å²) in [4.78, 5) is 0. The molecule has 0 amide bonds. The van der Waals surface area contributed by atoms with Crippen LogP contribution in [0, 0.1) is 0 Å². The molecule has 0 aliphatic heterocycles. The van der Waals surface area contributed by atoms with Crippen LogP contribution in [-0.2, 0) is 0 Å². The van der Waals surface area contributed by atoms with Crippen LogP contribution in [0.15, 0.2) is 0 Å². The summed E-state index contributed by atoms with van der Waals surface area (Å²) in [5.74, 6) is 0. The van der Waals surface area contributed by atoms with Crippen molar-refractivity contribution in [3.63, 3.8) is 0 Å². The number of nitrogens with one attached hydrogen (secondary N) is 2. The maximum atomic E-state index is 4.10. The van der Waals surface area contributed by atoms with Crippen molar-refractivity contribution in [3.8, 4) is 0 Å². The third kappa shape index (κ3) is 6.24. The first kappa shape index (κ1) is 20.6. The zero-order chi connectivity index (χ0) is 17.8. The summed E-state index contributed by atoms with van der Waals surface area (Å²) in [6.45, 7) is 15.2. The van der Waals surface area contributed by atoms with Gasteiger partial charge in [0.15, 0.2) is 0 Å². The van der Waals surface area contributed by atoms with Gasteiger partial charge in [-0.2, -0.15) is 0 Å². The second-order valence-corrected chi connectivity index (χ2v) is 20.2. The van der Waals surface area contributed by atoms with Crippen molar-refractivity contribution in [2.24, 2.45) is 0 Å². The summed E-state index contributed by atoms with van der Waals surface area (Å²) in [7, 11) is -2.77. The van der Waals surface area contributed by atoms with Gasteiger partial charge in [-0.15, -0.1) is 0 Å². The largest absolute Gasteiger partial charge is 0.319 e. The van der Waals surface area contributed by atoms with E-state index in [-0.39, 0.29) is 0 Å². The molecular weight excluding hydrogens is 326 g/mol. The van der Waals surface area contributed by atoms with Crippen molar-refractivity contribution in [2.45, 2.75) is 122 Å². The summed E-state index contributed by atoms with van der Waals surface area (Å²) >= 11 is 0. The Labute approximate surface area is 153 Å². The highest BCUT2D eigenvalue weighted by Gasteiger charge is 2.40. The van der Waals surface area contributed by atoms with Gasteiger partial charge in [0.25, 0.3) is 0 Å².